The molecule has 2 aromatic carbocycles. The third-order valence-corrected chi connectivity index (χ3v) is 7.11. The van der Waals surface area contributed by atoms with Crippen LogP contribution < -0.4 is 20.9 Å². The summed E-state index contributed by atoms with van der Waals surface area (Å²) in [5, 5.41) is 3.14. The summed E-state index contributed by atoms with van der Waals surface area (Å²) in [6.45, 7) is 3.50. The highest BCUT2D eigenvalue weighted by molar-refractivity contribution is 7.89. The van der Waals surface area contributed by atoms with Crippen molar-refractivity contribution in [1.82, 2.24) is 15.2 Å². The van der Waals surface area contributed by atoms with Crippen LogP contribution in [0.3, 0.4) is 0 Å². The van der Waals surface area contributed by atoms with Crippen LogP contribution in [0.2, 0.25) is 0 Å². The number of rotatable bonds is 6. The SMILES string of the molecule is CCOc1ccc(NC(=S)NNC(=O)c2cccc(S(=O)(=O)N3CCCCCC3)c2)cc1. The maximum atomic E-state index is 13.0. The maximum absolute atomic E-state index is 13.0. The molecule has 172 valence electrons. The zero-order valence-electron chi connectivity index (χ0n) is 18.0. The number of carbonyl (C=O) groups is 1. The number of benzene rings is 2. The van der Waals surface area contributed by atoms with E-state index in [0.717, 1.165) is 37.1 Å². The van der Waals surface area contributed by atoms with Gasteiger partial charge in [-0.1, -0.05) is 18.9 Å². The van der Waals surface area contributed by atoms with Gasteiger partial charge in [-0.3, -0.25) is 15.6 Å². The minimum atomic E-state index is -3.64. The number of hydrogen-bond donors (Lipinski definition) is 3. The number of thiocarbonyl (C=S) groups is 1. The standard InChI is InChI=1S/C22H28N4O4S2/c1-2-30-19-12-10-18(11-13-19)23-22(31)25-24-21(27)17-8-7-9-20(16-17)32(28,29)26-14-5-3-4-6-15-26/h7-13,16H,2-6,14-15H2,1H3,(H,24,27)(H2,23,25,31). The van der Waals surface area contributed by atoms with Gasteiger partial charge in [0.15, 0.2) is 5.11 Å². The number of amides is 1. The van der Waals surface area contributed by atoms with Crippen LogP contribution in [0, 0.1) is 0 Å². The van der Waals surface area contributed by atoms with Gasteiger partial charge >= 0.3 is 0 Å². The molecule has 1 aliphatic heterocycles. The summed E-state index contributed by atoms with van der Waals surface area (Å²) in [4.78, 5) is 12.7. The van der Waals surface area contributed by atoms with E-state index in [9.17, 15) is 13.2 Å². The Balaban J connectivity index is 1.58. The Labute approximate surface area is 194 Å². The fourth-order valence-corrected chi connectivity index (χ4v) is 5.11. The Morgan fingerprint density at radius 2 is 1.72 bits per heavy atom. The molecule has 1 aliphatic rings. The van der Waals surface area contributed by atoms with Gasteiger partial charge in [0.25, 0.3) is 5.91 Å². The Hall–Kier alpha value is -2.69. The Morgan fingerprint density at radius 1 is 1.03 bits per heavy atom. The van der Waals surface area contributed by atoms with Gasteiger partial charge in [0.05, 0.1) is 11.5 Å². The molecule has 0 aliphatic carbocycles. The smallest absolute Gasteiger partial charge is 0.269 e. The second-order valence-corrected chi connectivity index (χ2v) is 9.68. The number of hydrazine groups is 1. The normalized spacial score (nSPS) is 14.8. The van der Waals surface area contributed by atoms with Crippen LogP contribution in [-0.4, -0.2) is 43.4 Å². The molecule has 8 nitrogen and oxygen atoms in total. The molecule has 0 radical (unpaired) electrons. The molecule has 1 amide bonds. The molecule has 2 aromatic rings. The predicted octanol–water partition coefficient (Wildman–Crippen LogP) is 3.28. The maximum Gasteiger partial charge on any atom is 0.269 e. The lowest BCUT2D eigenvalue weighted by Crippen LogP contribution is -2.43. The summed E-state index contributed by atoms with van der Waals surface area (Å²) < 4.78 is 32.9. The first-order valence-electron chi connectivity index (χ1n) is 10.6. The summed E-state index contributed by atoms with van der Waals surface area (Å²) in [5.74, 6) is 0.258. The topological polar surface area (TPSA) is 99.8 Å². The molecule has 0 atom stereocenters. The highest BCUT2D eigenvalue weighted by atomic mass is 32.2. The first-order valence-corrected chi connectivity index (χ1v) is 12.5. The van der Waals surface area contributed by atoms with Crippen molar-refractivity contribution in [3.63, 3.8) is 0 Å². The van der Waals surface area contributed by atoms with Crippen molar-refractivity contribution in [2.45, 2.75) is 37.5 Å². The monoisotopic (exact) mass is 476 g/mol. The van der Waals surface area contributed by atoms with Crippen molar-refractivity contribution in [3.05, 3.63) is 54.1 Å². The number of carbonyl (C=O) groups excluding carboxylic acids is 1. The van der Waals surface area contributed by atoms with Gasteiger partial charge < -0.3 is 10.1 Å². The van der Waals surface area contributed by atoms with Crippen LogP contribution in [-0.2, 0) is 10.0 Å². The van der Waals surface area contributed by atoms with Gasteiger partial charge in [-0.05, 0) is 74.4 Å². The molecule has 0 spiro atoms. The van der Waals surface area contributed by atoms with E-state index in [0.29, 0.717) is 19.7 Å². The minimum Gasteiger partial charge on any atom is -0.494 e. The van der Waals surface area contributed by atoms with E-state index in [1.54, 1.807) is 24.3 Å². The van der Waals surface area contributed by atoms with E-state index >= 15 is 0 Å². The van der Waals surface area contributed by atoms with Gasteiger partial charge in [0.2, 0.25) is 10.0 Å². The molecule has 1 saturated heterocycles. The van der Waals surface area contributed by atoms with Crippen LogP contribution in [0.5, 0.6) is 5.75 Å². The van der Waals surface area contributed by atoms with Gasteiger partial charge in [-0.2, -0.15) is 4.31 Å². The quantitative estimate of drug-likeness (QED) is 0.435. The second-order valence-electron chi connectivity index (χ2n) is 7.34. The van der Waals surface area contributed by atoms with Crippen LogP contribution in [0.4, 0.5) is 5.69 Å². The predicted molar refractivity (Wildman–Crippen MR) is 128 cm³/mol. The largest absolute Gasteiger partial charge is 0.494 e. The molecular formula is C22H28N4O4S2. The van der Waals surface area contributed by atoms with E-state index in [1.807, 2.05) is 19.1 Å². The minimum absolute atomic E-state index is 0.113. The zero-order valence-corrected chi connectivity index (χ0v) is 19.6. The lowest BCUT2D eigenvalue weighted by molar-refractivity contribution is 0.0944. The molecule has 0 saturated carbocycles. The van der Waals surface area contributed by atoms with Crippen LogP contribution >= 0.6 is 12.2 Å². The van der Waals surface area contributed by atoms with Crippen molar-refractivity contribution in [3.8, 4) is 5.75 Å². The highest BCUT2D eigenvalue weighted by Gasteiger charge is 2.25. The zero-order chi connectivity index (χ0) is 23.0. The molecule has 3 N–H and O–H groups in total. The van der Waals surface area contributed by atoms with Crippen molar-refractivity contribution < 1.29 is 17.9 Å². The van der Waals surface area contributed by atoms with E-state index in [1.165, 1.54) is 16.4 Å². The lowest BCUT2D eigenvalue weighted by atomic mass is 10.2. The molecule has 0 bridgehead atoms. The molecule has 1 heterocycles. The van der Waals surface area contributed by atoms with Crippen LogP contribution in [0.15, 0.2) is 53.4 Å². The van der Waals surface area contributed by atoms with Crippen molar-refractivity contribution in [2.75, 3.05) is 25.0 Å². The number of ether oxygens (including phenoxy) is 1. The van der Waals surface area contributed by atoms with Crippen molar-refractivity contribution in [1.29, 1.82) is 0 Å². The second kappa shape index (κ2) is 11.3. The van der Waals surface area contributed by atoms with Crippen molar-refractivity contribution in [2.24, 2.45) is 0 Å². The Bertz CT molecular complexity index is 1030. The third kappa shape index (κ3) is 6.41. The molecule has 32 heavy (non-hydrogen) atoms. The molecule has 1 fully saturated rings. The van der Waals surface area contributed by atoms with Crippen LogP contribution in [0.25, 0.3) is 0 Å². The third-order valence-electron chi connectivity index (χ3n) is 5.01. The molecular weight excluding hydrogens is 448 g/mol. The van der Waals surface area contributed by atoms with E-state index < -0.39 is 15.9 Å². The van der Waals surface area contributed by atoms with E-state index in [2.05, 4.69) is 16.2 Å². The van der Waals surface area contributed by atoms with E-state index in [-0.39, 0.29) is 15.6 Å². The van der Waals surface area contributed by atoms with E-state index in [4.69, 9.17) is 17.0 Å². The summed E-state index contributed by atoms with van der Waals surface area (Å²) >= 11 is 5.20. The number of nitrogens with zero attached hydrogens (tertiary/aromatic N) is 1. The Morgan fingerprint density at radius 3 is 2.38 bits per heavy atom. The number of anilines is 1. The fraction of sp³-hybridized carbons (Fsp3) is 0.364. The molecule has 0 unspecified atom stereocenters. The highest BCUT2D eigenvalue weighted by Crippen LogP contribution is 2.21. The average Bonchev–Trinajstić information content (AvgIpc) is 3.09. The Kier molecular flexibility index (Phi) is 8.43. The molecule has 10 heteroatoms. The van der Waals surface area contributed by atoms with Crippen LogP contribution in [0.1, 0.15) is 43.0 Å². The summed E-state index contributed by atoms with van der Waals surface area (Å²) in [6.07, 6.45) is 3.76. The molecule has 0 aromatic heterocycles. The summed E-state index contributed by atoms with van der Waals surface area (Å²) in [6, 6.07) is 13.3. The first kappa shape index (κ1) is 24.0. The number of hydrogen-bond acceptors (Lipinski definition) is 5. The number of nitrogens with one attached hydrogen (secondary N) is 3. The van der Waals surface area contributed by atoms with Crippen molar-refractivity contribution >= 4 is 38.9 Å². The fourth-order valence-electron chi connectivity index (χ4n) is 3.38. The number of sulfonamides is 1. The van der Waals surface area contributed by atoms with Gasteiger partial charge in [-0.25, -0.2) is 8.42 Å². The van der Waals surface area contributed by atoms with Gasteiger partial charge in [0.1, 0.15) is 5.75 Å². The summed E-state index contributed by atoms with van der Waals surface area (Å²) in [7, 11) is -3.64. The average molecular weight is 477 g/mol. The van der Waals surface area contributed by atoms with Gasteiger partial charge in [-0.15, -0.1) is 0 Å². The lowest BCUT2D eigenvalue weighted by Gasteiger charge is -2.20. The summed E-state index contributed by atoms with van der Waals surface area (Å²) in [5.41, 5.74) is 6.07. The first-order chi connectivity index (χ1) is 15.4. The molecule has 3 rings (SSSR count). The van der Waals surface area contributed by atoms with Gasteiger partial charge in [0, 0.05) is 24.3 Å².